The van der Waals surface area contributed by atoms with Crippen LogP contribution in [0.2, 0.25) is 0 Å². The molecule has 100 valence electrons. The van der Waals surface area contributed by atoms with Gasteiger partial charge in [0.25, 0.3) is 0 Å². The minimum atomic E-state index is 0.505. The Morgan fingerprint density at radius 3 is 2.12 bits per heavy atom. The highest BCUT2D eigenvalue weighted by Crippen LogP contribution is 2.34. The summed E-state index contributed by atoms with van der Waals surface area (Å²) in [6.07, 6.45) is 5.35. The quantitative estimate of drug-likeness (QED) is 0.734. The monoisotopic (exact) mass is 239 g/mol. The standard InChI is InChI=1S/C15H29NO/c1-15(2,3)14-4-8-16(9-5-14)12-13-6-10-17-11-7-13/h13-14H,4-12H2,1-3H3. The van der Waals surface area contributed by atoms with Gasteiger partial charge in [0.2, 0.25) is 0 Å². The molecule has 0 spiro atoms. The molecule has 0 aromatic heterocycles. The molecule has 2 heteroatoms. The summed E-state index contributed by atoms with van der Waals surface area (Å²) < 4.78 is 5.43. The Bertz CT molecular complexity index is 220. The molecule has 2 fully saturated rings. The average molecular weight is 239 g/mol. The number of piperidine rings is 1. The van der Waals surface area contributed by atoms with Crippen LogP contribution < -0.4 is 0 Å². The summed E-state index contributed by atoms with van der Waals surface area (Å²) in [5, 5.41) is 0. The van der Waals surface area contributed by atoms with Crippen LogP contribution in [0.5, 0.6) is 0 Å². The van der Waals surface area contributed by atoms with Gasteiger partial charge in [-0.25, -0.2) is 0 Å². The molecule has 0 radical (unpaired) electrons. The maximum absolute atomic E-state index is 5.43. The van der Waals surface area contributed by atoms with Crippen LogP contribution in [-0.4, -0.2) is 37.7 Å². The second-order valence-corrected chi connectivity index (χ2v) is 7.00. The molecule has 0 aliphatic carbocycles. The van der Waals surface area contributed by atoms with Crippen LogP contribution >= 0.6 is 0 Å². The van der Waals surface area contributed by atoms with Gasteiger partial charge in [-0.15, -0.1) is 0 Å². The van der Waals surface area contributed by atoms with E-state index in [1.165, 1.54) is 45.3 Å². The summed E-state index contributed by atoms with van der Waals surface area (Å²) in [6, 6.07) is 0. The van der Waals surface area contributed by atoms with Crippen molar-refractivity contribution >= 4 is 0 Å². The number of likely N-dealkylation sites (tertiary alicyclic amines) is 1. The molecule has 0 aromatic rings. The van der Waals surface area contributed by atoms with Crippen LogP contribution in [-0.2, 0) is 4.74 Å². The van der Waals surface area contributed by atoms with Gasteiger partial charge in [0.15, 0.2) is 0 Å². The van der Waals surface area contributed by atoms with Crippen LogP contribution in [0.3, 0.4) is 0 Å². The minimum absolute atomic E-state index is 0.505. The lowest BCUT2D eigenvalue weighted by atomic mass is 9.75. The van der Waals surface area contributed by atoms with Gasteiger partial charge in [-0.05, 0) is 56.0 Å². The minimum Gasteiger partial charge on any atom is -0.381 e. The molecule has 0 saturated carbocycles. The Hall–Kier alpha value is -0.0800. The largest absolute Gasteiger partial charge is 0.381 e. The summed E-state index contributed by atoms with van der Waals surface area (Å²) in [4.78, 5) is 2.69. The van der Waals surface area contributed by atoms with Gasteiger partial charge < -0.3 is 9.64 Å². The molecule has 2 nitrogen and oxygen atoms in total. The van der Waals surface area contributed by atoms with Crippen LogP contribution in [0.25, 0.3) is 0 Å². The first-order chi connectivity index (χ1) is 8.05. The Morgan fingerprint density at radius 1 is 1.00 bits per heavy atom. The number of hydrogen-bond donors (Lipinski definition) is 0. The molecule has 2 rings (SSSR count). The van der Waals surface area contributed by atoms with Gasteiger partial charge in [-0.1, -0.05) is 20.8 Å². The van der Waals surface area contributed by atoms with E-state index in [0.29, 0.717) is 5.41 Å². The van der Waals surface area contributed by atoms with Gasteiger partial charge >= 0.3 is 0 Å². The highest BCUT2D eigenvalue weighted by Gasteiger charge is 2.29. The molecule has 0 amide bonds. The lowest BCUT2D eigenvalue weighted by molar-refractivity contribution is 0.0401. The highest BCUT2D eigenvalue weighted by molar-refractivity contribution is 4.81. The van der Waals surface area contributed by atoms with Gasteiger partial charge in [0.1, 0.15) is 0 Å². The van der Waals surface area contributed by atoms with E-state index < -0.39 is 0 Å². The van der Waals surface area contributed by atoms with E-state index in [9.17, 15) is 0 Å². The van der Waals surface area contributed by atoms with E-state index in [-0.39, 0.29) is 0 Å². The third-order valence-electron chi connectivity index (χ3n) is 4.67. The lowest BCUT2D eigenvalue weighted by Gasteiger charge is -2.40. The Morgan fingerprint density at radius 2 is 1.59 bits per heavy atom. The smallest absolute Gasteiger partial charge is 0.0469 e. The lowest BCUT2D eigenvalue weighted by Crippen LogP contribution is -2.41. The van der Waals surface area contributed by atoms with Crippen molar-refractivity contribution < 1.29 is 4.74 Å². The van der Waals surface area contributed by atoms with E-state index in [0.717, 1.165) is 25.0 Å². The third-order valence-corrected chi connectivity index (χ3v) is 4.67. The zero-order valence-corrected chi connectivity index (χ0v) is 11.9. The van der Waals surface area contributed by atoms with Crippen molar-refractivity contribution in [2.24, 2.45) is 17.3 Å². The predicted octanol–water partition coefficient (Wildman–Crippen LogP) is 3.17. The zero-order valence-electron chi connectivity index (χ0n) is 11.9. The van der Waals surface area contributed by atoms with Gasteiger partial charge in [-0.3, -0.25) is 0 Å². The fourth-order valence-corrected chi connectivity index (χ4v) is 3.28. The molecular weight excluding hydrogens is 210 g/mol. The van der Waals surface area contributed by atoms with E-state index in [1.807, 2.05) is 0 Å². The van der Waals surface area contributed by atoms with Crippen molar-refractivity contribution in [3.63, 3.8) is 0 Å². The average Bonchev–Trinajstić information content (AvgIpc) is 2.30. The normalized spacial score (nSPS) is 26.3. The molecule has 0 bridgehead atoms. The molecule has 2 saturated heterocycles. The Labute approximate surface area is 107 Å². The Kier molecular flexibility index (Phi) is 4.48. The fraction of sp³-hybridized carbons (Fsp3) is 1.00. The summed E-state index contributed by atoms with van der Waals surface area (Å²) in [5.41, 5.74) is 0.505. The van der Waals surface area contributed by atoms with Crippen LogP contribution in [0.1, 0.15) is 46.5 Å². The fourth-order valence-electron chi connectivity index (χ4n) is 3.28. The van der Waals surface area contributed by atoms with E-state index in [2.05, 4.69) is 25.7 Å². The van der Waals surface area contributed by atoms with Gasteiger partial charge in [0.05, 0.1) is 0 Å². The van der Waals surface area contributed by atoms with Crippen molar-refractivity contribution in [3.05, 3.63) is 0 Å². The SMILES string of the molecule is CC(C)(C)C1CCN(CC2CCOCC2)CC1. The number of ether oxygens (including phenoxy) is 1. The first-order valence-corrected chi connectivity index (χ1v) is 7.36. The van der Waals surface area contributed by atoms with Crippen molar-refractivity contribution in [3.8, 4) is 0 Å². The van der Waals surface area contributed by atoms with Crippen molar-refractivity contribution in [1.29, 1.82) is 0 Å². The predicted molar refractivity (Wildman–Crippen MR) is 72.2 cm³/mol. The second-order valence-electron chi connectivity index (χ2n) is 7.00. The molecule has 0 unspecified atom stereocenters. The first-order valence-electron chi connectivity index (χ1n) is 7.36. The van der Waals surface area contributed by atoms with Crippen LogP contribution in [0.15, 0.2) is 0 Å². The van der Waals surface area contributed by atoms with E-state index in [1.54, 1.807) is 0 Å². The highest BCUT2D eigenvalue weighted by atomic mass is 16.5. The Balaban J connectivity index is 1.71. The van der Waals surface area contributed by atoms with E-state index >= 15 is 0 Å². The molecule has 0 aromatic carbocycles. The third kappa shape index (κ3) is 3.96. The van der Waals surface area contributed by atoms with Crippen molar-refractivity contribution in [2.45, 2.75) is 46.5 Å². The van der Waals surface area contributed by atoms with Crippen LogP contribution in [0.4, 0.5) is 0 Å². The second kappa shape index (κ2) is 5.71. The summed E-state index contributed by atoms with van der Waals surface area (Å²) >= 11 is 0. The number of hydrogen-bond acceptors (Lipinski definition) is 2. The molecule has 2 aliphatic rings. The summed E-state index contributed by atoms with van der Waals surface area (Å²) in [7, 11) is 0. The molecular formula is C15H29NO. The molecule has 0 N–H and O–H groups in total. The van der Waals surface area contributed by atoms with Crippen molar-refractivity contribution in [2.75, 3.05) is 32.8 Å². The molecule has 2 heterocycles. The maximum Gasteiger partial charge on any atom is 0.0469 e. The maximum atomic E-state index is 5.43. The van der Waals surface area contributed by atoms with Crippen molar-refractivity contribution in [1.82, 2.24) is 4.90 Å². The summed E-state index contributed by atoms with van der Waals surface area (Å²) in [5.74, 6) is 1.82. The van der Waals surface area contributed by atoms with Gasteiger partial charge in [0, 0.05) is 19.8 Å². The summed E-state index contributed by atoms with van der Waals surface area (Å²) in [6.45, 7) is 13.1. The van der Waals surface area contributed by atoms with Crippen LogP contribution in [0, 0.1) is 17.3 Å². The molecule has 0 atom stereocenters. The number of nitrogens with zero attached hydrogens (tertiary/aromatic N) is 1. The topological polar surface area (TPSA) is 12.5 Å². The zero-order chi connectivity index (χ0) is 12.3. The first kappa shape index (κ1) is 13.4. The van der Waals surface area contributed by atoms with Gasteiger partial charge in [-0.2, -0.15) is 0 Å². The van der Waals surface area contributed by atoms with E-state index in [4.69, 9.17) is 4.74 Å². The molecule has 17 heavy (non-hydrogen) atoms. The molecule has 2 aliphatic heterocycles. The number of rotatable bonds is 2.